The van der Waals surface area contributed by atoms with Gasteiger partial charge in [0.15, 0.2) is 0 Å². The van der Waals surface area contributed by atoms with Gasteiger partial charge in [-0.1, -0.05) is 30.3 Å². The summed E-state index contributed by atoms with van der Waals surface area (Å²) < 4.78 is 5.09. The van der Waals surface area contributed by atoms with E-state index in [1.807, 2.05) is 30.0 Å². The van der Waals surface area contributed by atoms with Crippen LogP contribution in [0, 0.1) is 5.41 Å². The molecule has 136 valence electrons. The van der Waals surface area contributed by atoms with E-state index in [9.17, 15) is 9.59 Å². The highest BCUT2D eigenvalue weighted by Gasteiger charge is 2.41. The Hall–Kier alpha value is -1.88. The van der Waals surface area contributed by atoms with Crippen LogP contribution in [0.15, 0.2) is 30.3 Å². The molecule has 2 fully saturated rings. The lowest BCUT2D eigenvalue weighted by Gasteiger charge is -2.48. The van der Waals surface area contributed by atoms with Crippen molar-refractivity contribution in [2.75, 3.05) is 32.8 Å². The lowest BCUT2D eigenvalue weighted by Crippen LogP contribution is -2.54. The minimum absolute atomic E-state index is 0.118. The molecule has 0 unspecified atom stereocenters. The predicted octanol–water partition coefficient (Wildman–Crippen LogP) is 2.45. The first kappa shape index (κ1) is 17.9. The van der Waals surface area contributed by atoms with Crippen LogP contribution in [0.1, 0.15) is 38.2 Å². The summed E-state index contributed by atoms with van der Waals surface area (Å²) in [6.07, 6.45) is 3.74. The van der Waals surface area contributed by atoms with Crippen LogP contribution in [-0.4, -0.2) is 54.5 Å². The second-order valence-electron chi connectivity index (χ2n) is 7.35. The third-order valence-corrected chi connectivity index (χ3v) is 5.36. The smallest absolute Gasteiger partial charge is 0.320 e. The van der Waals surface area contributed by atoms with Gasteiger partial charge in [-0.25, -0.2) is 0 Å². The molecule has 25 heavy (non-hydrogen) atoms. The number of likely N-dealkylation sites (tertiary alicyclic amines) is 2. The zero-order chi connectivity index (χ0) is 17.7. The minimum atomic E-state index is -0.146. The van der Waals surface area contributed by atoms with E-state index in [0.717, 1.165) is 38.9 Å². The maximum absolute atomic E-state index is 12.4. The average molecular weight is 344 g/mol. The quantitative estimate of drug-likeness (QED) is 0.770. The van der Waals surface area contributed by atoms with Crippen LogP contribution >= 0.6 is 0 Å². The lowest BCUT2D eigenvalue weighted by molar-refractivity contribution is -0.147. The Kier molecular flexibility index (Phi) is 5.74. The van der Waals surface area contributed by atoms with Crippen molar-refractivity contribution >= 4 is 11.9 Å². The van der Waals surface area contributed by atoms with Crippen molar-refractivity contribution < 1.29 is 14.3 Å². The van der Waals surface area contributed by atoms with Crippen LogP contribution in [0.5, 0.6) is 0 Å². The number of rotatable bonds is 5. The van der Waals surface area contributed by atoms with Crippen molar-refractivity contribution in [3.63, 3.8) is 0 Å². The first-order valence-corrected chi connectivity index (χ1v) is 9.30. The number of carbonyl (C=O) groups is 2. The SMILES string of the molecule is CCOC(=O)CN1CCC[C@@]2(CCC(=O)N(Cc3ccccc3)C2)C1. The Morgan fingerprint density at radius 2 is 2.00 bits per heavy atom. The van der Waals surface area contributed by atoms with Crippen LogP contribution in [0.2, 0.25) is 0 Å². The molecule has 2 aliphatic rings. The molecule has 1 amide bonds. The molecule has 2 heterocycles. The van der Waals surface area contributed by atoms with Crippen molar-refractivity contribution in [3.8, 4) is 0 Å². The van der Waals surface area contributed by atoms with Crippen molar-refractivity contribution in [2.24, 2.45) is 5.41 Å². The number of benzene rings is 1. The second kappa shape index (κ2) is 8.00. The predicted molar refractivity (Wildman–Crippen MR) is 95.8 cm³/mol. The Morgan fingerprint density at radius 3 is 2.76 bits per heavy atom. The topological polar surface area (TPSA) is 49.9 Å². The average Bonchev–Trinajstić information content (AvgIpc) is 2.60. The third-order valence-electron chi connectivity index (χ3n) is 5.36. The number of nitrogens with zero attached hydrogens (tertiary/aromatic N) is 2. The van der Waals surface area contributed by atoms with Crippen LogP contribution in [0.25, 0.3) is 0 Å². The largest absolute Gasteiger partial charge is 0.465 e. The summed E-state index contributed by atoms with van der Waals surface area (Å²) in [5.41, 5.74) is 1.29. The summed E-state index contributed by atoms with van der Waals surface area (Å²) in [4.78, 5) is 28.4. The Balaban J connectivity index is 1.64. The molecule has 0 N–H and O–H groups in total. The molecule has 0 saturated carbocycles. The summed E-state index contributed by atoms with van der Waals surface area (Å²) in [7, 11) is 0. The molecule has 5 heteroatoms. The first-order chi connectivity index (χ1) is 12.1. The van der Waals surface area contributed by atoms with E-state index in [1.165, 1.54) is 5.56 Å². The summed E-state index contributed by atoms with van der Waals surface area (Å²) in [6, 6.07) is 10.2. The Labute approximate surface area is 149 Å². The number of carbonyl (C=O) groups excluding carboxylic acids is 2. The van der Waals surface area contributed by atoms with Gasteiger partial charge in [0.1, 0.15) is 0 Å². The molecular weight excluding hydrogens is 316 g/mol. The maximum Gasteiger partial charge on any atom is 0.320 e. The highest BCUT2D eigenvalue weighted by atomic mass is 16.5. The Bertz CT molecular complexity index is 604. The molecule has 3 rings (SSSR count). The third kappa shape index (κ3) is 4.60. The molecule has 1 atom stereocenters. The number of hydrogen-bond acceptors (Lipinski definition) is 4. The molecule has 1 aromatic carbocycles. The van der Waals surface area contributed by atoms with Gasteiger partial charge in [0.05, 0.1) is 13.2 Å². The van der Waals surface area contributed by atoms with Crippen LogP contribution in [0.3, 0.4) is 0 Å². The Morgan fingerprint density at radius 1 is 1.20 bits per heavy atom. The fraction of sp³-hybridized carbons (Fsp3) is 0.600. The van der Waals surface area contributed by atoms with E-state index in [-0.39, 0.29) is 17.3 Å². The maximum atomic E-state index is 12.4. The normalized spacial score (nSPS) is 24.5. The van der Waals surface area contributed by atoms with E-state index in [2.05, 4.69) is 17.0 Å². The molecule has 2 saturated heterocycles. The van der Waals surface area contributed by atoms with Gasteiger partial charge < -0.3 is 9.64 Å². The molecule has 0 bridgehead atoms. The van der Waals surface area contributed by atoms with Gasteiger partial charge in [0, 0.05) is 31.5 Å². The van der Waals surface area contributed by atoms with Crippen molar-refractivity contribution in [2.45, 2.75) is 39.2 Å². The van der Waals surface area contributed by atoms with Gasteiger partial charge in [-0.2, -0.15) is 0 Å². The van der Waals surface area contributed by atoms with Gasteiger partial charge >= 0.3 is 5.97 Å². The molecule has 0 radical (unpaired) electrons. The van der Waals surface area contributed by atoms with Crippen molar-refractivity contribution in [3.05, 3.63) is 35.9 Å². The summed E-state index contributed by atoms with van der Waals surface area (Å²) in [5.74, 6) is 0.101. The molecule has 0 aliphatic carbocycles. The number of ether oxygens (including phenoxy) is 1. The zero-order valence-corrected chi connectivity index (χ0v) is 15.1. The number of amides is 1. The molecule has 0 aromatic heterocycles. The van der Waals surface area contributed by atoms with Gasteiger partial charge in [-0.3, -0.25) is 14.5 Å². The summed E-state index contributed by atoms with van der Waals surface area (Å²) in [6.45, 7) is 5.92. The summed E-state index contributed by atoms with van der Waals surface area (Å²) >= 11 is 0. The van der Waals surface area contributed by atoms with Gasteiger partial charge in [-0.05, 0) is 38.3 Å². The van der Waals surface area contributed by atoms with E-state index < -0.39 is 0 Å². The van der Waals surface area contributed by atoms with Gasteiger partial charge in [-0.15, -0.1) is 0 Å². The minimum Gasteiger partial charge on any atom is -0.465 e. The molecular formula is C20H28N2O3. The van der Waals surface area contributed by atoms with Crippen molar-refractivity contribution in [1.29, 1.82) is 0 Å². The van der Waals surface area contributed by atoms with Crippen LogP contribution < -0.4 is 0 Å². The van der Waals surface area contributed by atoms with E-state index in [0.29, 0.717) is 26.1 Å². The summed E-state index contributed by atoms with van der Waals surface area (Å²) in [5, 5.41) is 0. The molecule has 1 aromatic rings. The molecule has 2 aliphatic heterocycles. The highest BCUT2D eigenvalue weighted by molar-refractivity contribution is 5.77. The van der Waals surface area contributed by atoms with E-state index in [1.54, 1.807) is 0 Å². The lowest BCUT2D eigenvalue weighted by atomic mass is 9.73. The van der Waals surface area contributed by atoms with E-state index >= 15 is 0 Å². The van der Waals surface area contributed by atoms with E-state index in [4.69, 9.17) is 4.74 Å². The second-order valence-corrected chi connectivity index (χ2v) is 7.35. The van der Waals surface area contributed by atoms with Crippen molar-refractivity contribution in [1.82, 2.24) is 9.80 Å². The standard InChI is InChI=1S/C20H28N2O3/c1-2-25-19(24)14-21-12-6-10-20(15-21)11-9-18(23)22(16-20)13-17-7-4-3-5-8-17/h3-5,7-8H,2,6,9-16H2,1H3/t20-/m1/s1. The van der Waals surface area contributed by atoms with Crippen LogP contribution in [-0.2, 0) is 20.9 Å². The first-order valence-electron chi connectivity index (χ1n) is 9.30. The highest BCUT2D eigenvalue weighted by Crippen LogP contribution is 2.39. The number of piperidine rings is 2. The fourth-order valence-electron chi connectivity index (χ4n) is 4.22. The van der Waals surface area contributed by atoms with Crippen LogP contribution in [0.4, 0.5) is 0 Å². The fourth-order valence-corrected chi connectivity index (χ4v) is 4.22. The zero-order valence-electron chi connectivity index (χ0n) is 15.1. The molecule has 1 spiro atoms. The molecule has 5 nitrogen and oxygen atoms in total. The van der Waals surface area contributed by atoms with Gasteiger partial charge in [0.25, 0.3) is 0 Å². The monoisotopic (exact) mass is 344 g/mol. The number of hydrogen-bond donors (Lipinski definition) is 0. The van der Waals surface area contributed by atoms with Gasteiger partial charge in [0.2, 0.25) is 5.91 Å². The number of esters is 1.